The molecule has 0 radical (unpaired) electrons. The molecule has 1 amide bonds. The van der Waals surface area contributed by atoms with E-state index in [1.54, 1.807) is 13.2 Å². The highest BCUT2D eigenvalue weighted by atomic mass is 19.1. The summed E-state index contributed by atoms with van der Waals surface area (Å²) in [5.41, 5.74) is 2.55. The van der Waals surface area contributed by atoms with Crippen LogP contribution in [0.1, 0.15) is 48.0 Å². The van der Waals surface area contributed by atoms with E-state index in [9.17, 15) is 9.18 Å². The Labute approximate surface area is 194 Å². The SMILES string of the molecule is COCCNC(=O)c1ccc(-c2ccc3c(c2)COC2(CCN(C4CCC4)CC2)O3)cc1F. The van der Waals surface area contributed by atoms with Gasteiger partial charge in [0.05, 0.1) is 18.8 Å². The molecule has 0 bridgehead atoms. The highest BCUT2D eigenvalue weighted by Gasteiger charge is 2.42. The van der Waals surface area contributed by atoms with Crippen LogP contribution in [0.5, 0.6) is 5.75 Å². The molecule has 2 heterocycles. The Morgan fingerprint density at radius 1 is 1.18 bits per heavy atom. The number of benzene rings is 2. The Morgan fingerprint density at radius 2 is 1.94 bits per heavy atom. The first-order chi connectivity index (χ1) is 16.1. The lowest BCUT2D eigenvalue weighted by molar-refractivity contribution is -0.231. The van der Waals surface area contributed by atoms with Crippen molar-refractivity contribution in [3.63, 3.8) is 0 Å². The van der Waals surface area contributed by atoms with E-state index in [0.29, 0.717) is 25.3 Å². The van der Waals surface area contributed by atoms with Crippen LogP contribution in [-0.4, -0.2) is 56.0 Å². The van der Waals surface area contributed by atoms with E-state index in [-0.39, 0.29) is 5.56 Å². The molecular weight excluding hydrogens is 423 g/mol. The number of nitrogens with one attached hydrogen (secondary N) is 1. The van der Waals surface area contributed by atoms with Crippen LogP contribution in [0.3, 0.4) is 0 Å². The maximum atomic E-state index is 14.6. The summed E-state index contributed by atoms with van der Waals surface area (Å²) in [6.07, 6.45) is 5.75. The van der Waals surface area contributed by atoms with Gasteiger partial charge in [-0.05, 0) is 48.2 Å². The molecule has 1 spiro atoms. The van der Waals surface area contributed by atoms with Gasteiger partial charge in [-0.3, -0.25) is 9.69 Å². The monoisotopic (exact) mass is 454 g/mol. The van der Waals surface area contributed by atoms with Gasteiger partial charge >= 0.3 is 0 Å². The van der Waals surface area contributed by atoms with Gasteiger partial charge < -0.3 is 19.5 Å². The lowest BCUT2D eigenvalue weighted by atomic mass is 9.89. The number of hydrogen-bond donors (Lipinski definition) is 1. The largest absolute Gasteiger partial charge is 0.462 e. The van der Waals surface area contributed by atoms with Crippen molar-refractivity contribution >= 4 is 5.91 Å². The molecule has 1 saturated carbocycles. The smallest absolute Gasteiger partial charge is 0.254 e. The number of nitrogens with zero attached hydrogens (tertiary/aromatic N) is 1. The zero-order valence-corrected chi connectivity index (χ0v) is 19.1. The van der Waals surface area contributed by atoms with E-state index in [2.05, 4.69) is 10.2 Å². The highest BCUT2D eigenvalue weighted by Crippen LogP contribution is 2.40. The minimum atomic E-state index is -0.551. The third kappa shape index (κ3) is 4.63. The summed E-state index contributed by atoms with van der Waals surface area (Å²) in [5, 5.41) is 2.64. The predicted molar refractivity (Wildman–Crippen MR) is 123 cm³/mol. The molecule has 33 heavy (non-hydrogen) atoms. The van der Waals surface area contributed by atoms with Gasteiger partial charge in [-0.25, -0.2) is 4.39 Å². The molecule has 2 aromatic rings. The van der Waals surface area contributed by atoms with E-state index in [1.165, 1.54) is 31.4 Å². The van der Waals surface area contributed by atoms with Crippen molar-refractivity contribution in [1.29, 1.82) is 0 Å². The van der Waals surface area contributed by atoms with Gasteiger partial charge in [-0.1, -0.05) is 18.6 Å². The lowest BCUT2D eigenvalue weighted by Crippen LogP contribution is -2.54. The fraction of sp³-hybridized carbons (Fsp3) is 0.500. The summed E-state index contributed by atoms with van der Waals surface area (Å²) in [5.74, 6) is -0.683. The average molecular weight is 455 g/mol. The number of carbonyl (C=O) groups is 1. The van der Waals surface area contributed by atoms with Crippen molar-refractivity contribution in [1.82, 2.24) is 10.2 Å². The van der Waals surface area contributed by atoms with Crippen LogP contribution < -0.4 is 10.1 Å². The van der Waals surface area contributed by atoms with Gasteiger partial charge in [0.25, 0.3) is 5.91 Å². The molecule has 5 rings (SSSR count). The molecule has 3 aliphatic rings. The Morgan fingerprint density at radius 3 is 2.64 bits per heavy atom. The molecule has 7 heteroatoms. The summed E-state index contributed by atoms with van der Waals surface area (Å²) in [6.45, 7) is 3.23. The molecule has 0 atom stereocenters. The van der Waals surface area contributed by atoms with Gasteiger partial charge in [0.2, 0.25) is 5.79 Å². The second-order valence-electron chi connectivity index (χ2n) is 9.19. The third-order valence-corrected chi connectivity index (χ3v) is 7.14. The maximum absolute atomic E-state index is 14.6. The molecule has 2 aliphatic heterocycles. The minimum Gasteiger partial charge on any atom is -0.462 e. The molecule has 1 saturated heterocycles. The van der Waals surface area contributed by atoms with Gasteiger partial charge in [0, 0.05) is 51.2 Å². The van der Waals surface area contributed by atoms with Crippen molar-refractivity contribution in [3.8, 4) is 16.9 Å². The summed E-state index contributed by atoms with van der Waals surface area (Å²) in [6, 6.07) is 11.3. The number of methoxy groups -OCH3 is 1. The van der Waals surface area contributed by atoms with Crippen LogP contribution in [0, 0.1) is 5.82 Å². The lowest BCUT2D eigenvalue weighted by Gasteiger charge is -2.47. The van der Waals surface area contributed by atoms with E-state index in [1.807, 2.05) is 18.2 Å². The van der Waals surface area contributed by atoms with Crippen LogP contribution in [0.2, 0.25) is 0 Å². The number of halogens is 1. The van der Waals surface area contributed by atoms with Crippen molar-refractivity contribution in [3.05, 3.63) is 53.3 Å². The van der Waals surface area contributed by atoms with E-state index in [0.717, 1.165) is 48.8 Å². The van der Waals surface area contributed by atoms with Crippen LogP contribution in [0.4, 0.5) is 4.39 Å². The molecule has 2 fully saturated rings. The Kier molecular flexibility index (Phi) is 6.36. The number of amides is 1. The first kappa shape index (κ1) is 22.3. The fourth-order valence-electron chi connectivity index (χ4n) is 4.88. The molecule has 2 aromatic carbocycles. The molecule has 1 aliphatic carbocycles. The molecule has 1 N–H and O–H groups in total. The summed E-state index contributed by atoms with van der Waals surface area (Å²) < 4.78 is 32.2. The van der Waals surface area contributed by atoms with Gasteiger partial charge in [0.1, 0.15) is 11.6 Å². The standard InChI is InChI=1S/C26H31FN2O4/c1-31-14-11-28-25(30)22-7-5-19(16-23(22)27)18-6-8-24-20(15-18)17-32-26(33-24)9-12-29(13-10-26)21-3-2-4-21/h5-8,15-16,21H,2-4,9-14,17H2,1H3,(H,28,30). The summed E-state index contributed by atoms with van der Waals surface area (Å²) in [4.78, 5) is 14.7. The van der Waals surface area contributed by atoms with Crippen LogP contribution >= 0.6 is 0 Å². The first-order valence-corrected chi connectivity index (χ1v) is 11.8. The average Bonchev–Trinajstić information content (AvgIpc) is 2.79. The Balaban J connectivity index is 1.26. The number of rotatable bonds is 6. The Bertz CT molecular complexity index is 1020. The number of carbonyl (C=O) groups excluding carboxylic acids is 1. The molecule has 0 aromatic heterocycles. The second-order valence-corrected chi connectivity index (χ2v) is 9.19. The predicted octanol–water partition coefficient (Wildman–Crippen LogP) is 4.12. The van der Waals surface area contributed by atoms with Crippen molar-refractivity contribution < 1.29 is 23.4 Å². The van der Waals surface area contributed by atoms with E-state index in [4.69, 9.17) is 14.2 Å². The third-order valence-electron chi connectivity index (χ3n) is 7.14. The number of hydrogen-bond acceptors (Lipinski definition) is 5. The minimum absolute atomic E-state index is 0.0228. The van der Waals surface area contributed by atoms with Crippen molar-refractivity contribution in [2.75, 3.05) is 33.4 Å². The van der Waals surface area contributed by atoms with Crippen molar-refractivity contribution in [2.24, 2.45) is 0 Å². The number of fused-ring (bicyclic) bond motifs is 1. The molecule has 0 unspecified atom stereocenters. The quantitative estimate of drug-likeness (QED) is 0.666. The Hall–Kier alpha value is -2.48. The van der Waals surface area contributed by atoms with Gasteiger partial charge in [-0.2, -0.15) is 0 Å². The molecular formula is C26H31FN2O4. The van der Waals surface area contributed by atoms with Gasteiger partial charge in [-0.15, -0.1) is 0 Å². The fourth-order valence-corrected chi connectivity index (χ4v) is 4.88. The number of likely N-dealkylation sites (tertiary alicyclic amines) is 1. The number of ether oxygens (including phenoxy) is 3. The zero-order valence-electron chi connectivity index (χ0n) is 19.1. The first-order valence-electron chi connectivity index (χ1n) is 11.8. The van der Waals surface area contributed by atoms with Crippen LogP contribution in [0.15, 0.2) is 36.4 Å². The molecule has 6 nitrogen and oxygen atoms in total. The van der Waals surface area contributed by atoms with Crippen LogP contribution in [0.25, 0.3) is 11.1 Å². The van der Waals surface area contributed by atoms with Gasteiger partial charge in [0.15, 0.2) is 0 Å². The van der Waals surface area contributed by atoms with E-state index < -0.39 is 17.5 Å². The number of piperidine rings is 1. The zero-order chi connectivity index (χ0) is 22.8. The second kappa shape index (κ2) is 9.41. The maximum Gasteiger partial charge on any atom is 0.254 e. The highest BCUT2D eigenvalue weighted by molar-refractivity contribution is 5.95. The van der Waals surface area contributed by atoms with Crippen LogP contribution in [-0.2, 0) is 16.1 Å². The normalized spacial score (nSPS) is 20.1. The van der Waals surface area contributed by atoms with Crippen molar-refractivity contribution in [2.45, 2.75) is 50.5 Å². The summed E-state index contributed by atoms with van der Waals surface area (Å²) >= 11 is 0. The summed E-state index contributed by atoms with van der Waals surface area (Å²) in [7, 11) is 1.55. The van der Waals surface area contributed by atoms with E-state index >= 15 is 0 Å². The molecule has 176 valence electrons. The topological polar surface area (TPSA) is 60.0 Å².